The Kier molecular flexibility index (Phi) is 23.6. The summed E-state index contributed by atoms with van der Waals surface area (Å²) in [6.45, 7) is 0.852. The summed E-state index contributed by atoms with van der Waals surface area (Å²) in [6.07, 6.45) is 1.47. The molecular weight excluding hydrogens is 989 g/mol. The van der Waals surface area contributed by atoms with Crippen molar-refractivity contribution in [3.63, 3.8) is 0 Å². The molecule has 414 valence electrons. The average Bonchev–Trinajstić information content (AvgIpc) is 3.86. The zero-order chi connectivity index (χ0) is 55.4. The van der Waals surface area contributed by atoms with Crippen molar-refractivity contribution >= 4 is 72.4 Å². The van der Waals surface area contributed by atoms with Crippen molar-refractivity contribution in [2.75, 3.05) is 98.2 Å². The van der Waals surface area contributed by atoms with Crippen molar-refractivity contribution in [1.82, 2.24) is 51.1 Å². The van der Waals surface area contributed by atoms with E-state index >= 15 is 0 Å². The number of hydrogen-bond donors (Lipinski definition) is 13. The molecule has 0 spiro atoms. The number of likely N-dealkylation sites (tertiary alicyclic amines) is 1. The lowest BCUT2D eigenvalue weighted by atomic mass is 9.78. The molecule has 4 rings (SSSR count). The second-order valence-electron chi connectivity index (χ2n) is 18.8. The smallest absolute Gasteiger partial charge is 0.475 e. The first-order valence-corrected chi connectivity index (χ1v) is 24.5. The molecule has 5 atom stereocenters. The fourth-order valence-corrected chi connectivity index (χ4v) is 8.84. The van der Waals surface area contributed by atoms with E-state index in [2.05, 4.69) is 31.6 Å². The number of aliphatic carboxylic acids is 4. The molecule has 1 aliphatic carbocycles. The average molecular weight is 1060 g/mol. The predicted octanol–water partition coefficient (Wildman–Crippen LogP) is -6.10. The van der Waals surface area contributed by atoms with Crippen LogP contribution in [0.25, 0.3) is 0 Å². The summed E-state index contributed by atoms with van der Waals surface area (Å²) in [5.74, 6) is -11.2. The number of benzene rings is 1. The highest BCUT2D eigenvalue weighted by molar-refractivity contribution is 6.43. The van der Waals surface area contributed by atoms with Gasteiger partial charge in [-0.15, -0.1) is 0 Å². The van der Waals surface area contributed by atoms with Crippen LogP contribution in [0.15, 0.2) is 29.3 Å². The van der Waals surface area contributed by atoms with Gasteiger partial charge in [0.2, 0.25) is 29.5 Å². The Morgan fingerprint density at radius 2 is 1.25 bits per heavy atom. The highest BCUT2D eigenvalue weighted by atomic mass is 16.4. The summed E-state index contributed by atoms with van der Waals surface area (Å²) in [5.41, 5.74) is 9.64. The van der Waals surface area contributed by atoms with Crippen LogP contribution in [-0.4, -0.2) is 249 Å². The molecule has 3 fully saturated rings. The molecule has 0 bridgehead atoms. The molecule has 1 saturated carbocycles. The molecule has 2 heterocycles. The summed E-state index contributed by atoms with van der Waals surface area (Å²) in [7, 11) is -1.72. The minimum absolute atomic E-state index is 0.0407. The highest BCUT2D eigenvalue weighted by Gasteiger charge is 2.65. The van der Waals surface area contributed by atoms with Gasteiger partial charge in [0.05, 0.1) is 44.6 Å². The molecule has 15 N–H and O–H groups in total. The van der Waals surface area contributed by atoms with Crippen LogP contribution in [-0.2, 0) is 49.7 Å². The molecule has 29 nitrogen and oxygen atoms in total. The van der Waals surface area contributed by atoms with E-state index in [1.165, 1.54) is 36.1 Å². The van der Waals surface area contributed by atoms with Crippen molar-refractivity contribution < 1.29 is 78.4 Å². The van der Waals surface area contributed by atoms with Crippen molar-refractivity contribution in [1.29, 1.82) is 0 Å². The van der Waals surface area contributed by atoms with Gasteiger partial charge < -0.3 is 73.4 Å². The Labute approximate surface area is 432 Å². The van der Waals surface area contributed by atoms with Gasteiger partial charge in [-0.2, -0.15) is 0 Å². The number of nitrogens with two attached hydrogens (primary N) is 2. The SMILES string of the molecule is C[C@@H](NC(=O)c1ccc(CNC(=O)C2(NC(=O)CNC(=O)[C@H](CCCCN=C(N)N)NC(=O)CN3CCN(CC(=O)O)CCN(CC(=O)O)CCN(CC(=O)O)CC3)C[C@H]2C(=O)O)cc1)C(=O)N1CCC[C@H]1B(O)O. The molecule has 1 unspecified atom stereocenters. The molecule has 6 amide bonds. The Balaban J connectivity index is 1.37. The van der Waals surface area contributed by atoms with E-state index in [0.29, 0.717) is 37.8 Å². The largest absolute Gasteiger partial charge is 0.481 e. The number of hydrogen-bond acceptors (Lipinski definition) is 17. The fourth-order valence-electron chi connectivity index (χ4n) is 8.84. The zero-order valence-corrected chi connectivity index (χ0v) is 41.9. The van der Waals surface area contributed by atoms with Gasteiger partial charge in [-0.05, 0) is 63.1 Å². The number of amides is 6. The topological polar surface area (TPSA) is 433 Å². The molecule has 1 aromatic rings. The number of guanidine groups is 1. The quantitative estimate of drug-likeness (QED) is 0.0178. The fraction of sp³-hybridized carbons (Fsp3) is 0.622. The van der Waals surface area contributed by atoms with Gasteiger partial charge in [0.1, 0.15) is 17.6 Å². The van der Waals surface area contributed by atoms with E-state index in [-0.39, 0.29) is 116 Å². The van der Waals surface area contributed by atoms with E-state index in [1.54, 1.807) is 19.6 Å². The van der Waals surface area contributed by atoms with E-state index in [1.807, 2.05) is 0 Å². The summed E-state index contributed by atoms with van der Waals surface area (Å²) in [4.78, 5) is 139. The third-order valence-corrected chi connectivity index (χ3v) is 13.0. The van der Waals surface area contributed by atoms with Gasteiger partial charge in [0.15, 0.2) is 5.96 Å². The first-order valence-electron chi connectivity index (χ1n) is 24.5. The summed E-state index contributed by atoms with van der Waals surface area (Å²) in [6, 6.07) is 3.71. The number of carbonyl (C=O) groups excluding carboxylic acids is 6. The van der Waals surface area contributed by atoms with Gasteiger partial charge in [-0.25, -0.2) is 0 Å². The summed E-state index contributed by atoms with van der Waals surface area (Å²) < 4.78 is 0. The Hall–Kier alpha value is -6.99. The van der Waals surface area contributed by atoms with E-state index in [9.17, 15) is 78.4 Å². The standard InChI is InChI=1S/C45H70BN13O16/c1-28(41(70)59-12-4-6-33(59)46(74)75)52-39(68)30-9-7-29(8-10-30)22-51-43(73)45(21-31(45)42(71)72)54-34(60)23-50-40(69)32(5-2-3-11-49-44(47)48)53-35(61)24-55-13-15-56(25-36(62)63)17-19-58(27-38(66)67)20-18-57(16-14-55)26-37(64)65/h7-10,28,31-33,74-75H,2-6,11-27H2,1H3,(H,50,69)(H,51,73)(H,52,68)(H,53,61)(H,54,60)(H,62,63)(H,64,65)(H,66,67)(H,71,72)(H4,47,48,49)/t28-,31+,32+,33+,45?/m1/s1. The highest BCUT2D eigenvalue weighted by Crippen LogP contribution is 2.44. The van der Waals surface area contributed by atoms with Crippen molar-refractivity contribution in [3.05, 3.63) is 35.4 Å². The number of nitrogens with one attached hydrogen (secondary N) is 5. The summed E-state index contributed by atoms with van der Waals surface area (Å²) >= 11 is 0. The minimum Gasteiger partial charge on any atom is -0.481 e. The molecule has 75 heavy (non-hydrogen) atoms. The maximum Gasteiger partial charge on any atom is 0.475 e. The van der Waals surface area contributed by atoms with E-state index in [0.717, 1.165) is 0 Å². The van der Waals surface area contributed by atoms with E-state index in [4.69, 9.17) is 11.5 Å². The molecule has 1 aromatic carbocycles. The molecule has 0 aromatic heterocycles. The second-order valence-corrected chi connectivity index (χ2v) is 18.8. The van der Waals surface area contributed by atoms with Crippen LogP contribution >= 0.6 is 0 Å². The molecule has 2 saturated heterocycles. The van der Waals surface area contributed by atoms with E-state index < -0.39 is 102 Å². The number of rotatable bonds is 26. The molecule has 2 aliphatic heterocycles. The molecule has 0 radical (unpaired) electrons. The monoisotopic (exact) mass is 1060 g/mol. The van der Waals surface area contributed by atoms with Crippen LogP contribution < -0.4 is 38.1 Å². The van der Waals surface area contributed by atoms with Crippen LogP contribution in [0.1, 0.15) is 61.4 Å². The van der Waals surface area contributed by atoms with Gasteiger partial charge >= 0.3 is 31.0 Å². The first kappa shape index (κ1) is 60.6. The number of carbonyl (C=O) groups is 10. The van der Waals surface area contributed by atoms with Crippen molar-refractivity contribution in [2.24, 2.45) is 22.4 Å². The van der Waals surface area contributed by atoms with Crippen LogP contribution in [0.2, 0.25) is 0 Å². The molecule has 30 heteroatoms. The third-order valence-electron chi connectivity index (χ3n) is 13.0. The Morgan fingerprint density at radius 3 is 1.73 bits per heavy atom. The summed E-state index contributed by atoms with van der Waals surface area (Å²) in [5, 5.41) is 70.4. The number of unbranched alkanes of at least 4 members (excludes halogenated alkanes) is 1. The number of nitrogens with zero attached hydrogens (tertiary/aromatic N) is 6. The van der Waals surface area contributed by atoms with Crippen molar-refractivity contribution in [3.8, 4) is 0 Å². The van der Waals surface area contributed by atoms with Crippen molar-refractivity contribution in [2.45, 2.75) is 75.6 Å². The minimum atomic E-state index is -1.88. The van der Waals surface area contributed by atoms with Gasteiger partial charge in [0.25, 0.3) is 5.91 Å². The maximum atomic E-state index is 13.7. The van der Waals surface area contributed by atoms with Crippen LogP contribution in [0.5, 0.6) is 0 Å². The lowest BCUT2D eigenvalue weighted by Gasteiger charge is -2.33. The van der Waals surface area contributed by atoms with Gasteiger partial charge in [-0.3, -0.25) is 72.5 Å². The second kappa shape index (κ2) is 29.2. The predicted molar refractivity (Wildman–Crippen MR) is 265 cm³/mol. The van der Waals surface area contributed by atoms with Crippen LogP contribution in [0, 0.1) is 5.92 Å². The normalized spacial score (nSPS) is 20.7. The number of carboxylic acid groups (broad SMARTS) is 4. The number of carboxylic acids is 4. The van der Waals surface area contributed by atoms with Crippen LogP contribution in [0.4, 0.5) is 0 Å². The zero-order valence-electron chi connectivity index (χ0n) is 41.9. The van der Waals surface area contributed by atoms with Crippen LogP contribution in [0.3, 0.4) is 0 Å². The third kappa shape index (κ3) is 20.0. The van der Waals surface area contributed by atoms with Gasteiger partial charge in [0, 0.05) is 77.6 Å². The lowest BCUT2D eigenvalue weighted by molar-refractivity contribution is -0.141. The molecule has 3 aliphatic rings. The van der Waals surface area contributed by atoms with Gasteiger partial charge in [-0.1, -0.05) is 12.1 Å². The maximum absolute atomic E-state index is 13.7. The Bertz CT molecular complexity index is 2210. The first-order chi connectivity index (χ1) is 35.5. The lowest BCUT2D eigenvalue weighted by Crippen LogP contribution is -2.55. The molecular formula is C45H70BN13O16. The Morgan fingerprint density at radius 1 is 0.720 bits per heavy atom. The number of aliphatic imine (C=N–C) groups is 1.